The lowest BCUT2D eigenvalue weighted by Crippen LogP contribution is -2.31. The van der Waals surface area contributed by atoms with E-state index >= 15 is 0 Å². The molecule has 1 aliphatic rings. The van der Waals surface area contributed by atoms with Crippen LogP contribution in [0.15, 0.2) is 6.07 Å². The van der Waals surface area contributed by atoms with Gasteiger partial charge in [-0.25, -0.2) is 0 Å². The van der Waals surface area contributed by atoms with Crippen molar-refractivity contribution in [3.8, 4) is 0 Å². The molecule has 0 spiro atoms. The van der Waals surface area contributed by atoms with Crippen molar-refractivity contribution in [3.63, 3.8) is 0 Å². The molecule has 0 aromatic heterocycles. The highest BCUT2D eigenvalue weighted by Crippen LogP contribution is 2.40. The Morgan fingerprint density at radius 2 is 1.67 bits per heavy atom. The predicted molar refractivity (Wildman–Crippen MR) is 151 cm³/mol. The lowest BCUT2D eigenvalue weighted by molar-refractivity contribution is -0.131. The molecule has 1 aromatic rings. The molecule has 0 saturated carbocycles. The number of fused-ring (bicyclic) bond motifs is 1. The van der Waals surface area contributed by atoms with Gasteiger partial charge in [0.25, 0.3) is 0 Å². The molecule has 0 fully saturated rings. The second-order valence-corrected chi connectivity index (χ2v) is 13.6. The molecule has 3 atom stereocenters. The summed E-state index contributed by atoms with van der Waals surface area (Å²) in [6.45, 7) is 21.4. The second-order valence-electron chi connectivity index (χ2n) is 13.6. The van der Waals surface area contributed by atoms with Crippen molar-refractivity contribution < 1.29 is 14.4 Å². The van der Waals surface area contributed by atoms with Gasteiger partial charge in [-0.15, -0.1) is 0 Å². The average Bonchev–Trinajstić information content (AvgIpc) is 2.72. The van der Waals surface area contributed by atoms with Gasteiger partial charge in [-0.2, -0.15) is 0 Å². The number of rotatable bonds is 11. The molecular weight excluding hydrogens is 444 g/mol. The summed E-state index contributed by atoms with van der Waals surface area (Å²) in [7, 11) is 0. The highest BCUT2D eigenvalue weighted by atomic mass is 16.1. The summed E-state index contributed by atoms with van der Waals surface area (Å²) < 4.78 is 0. The fourth-order valence-electron chi connectivity index (χ4n) is 6.57. The van der Waals surface area contributed by atoms with Gasteiger partial charge in [0.05, 0.1) is 6.42 Å². The van der Waals surface area contributed by atoms with E-state index in [1.807, 2.05) is 20.8 Å². The van der Waals surface area contributed by atoms with Gasteiger partial charge in [-0.1, -0.05) is 81.2 Å². The molecule has 36 heavy (non-hydrogen) atoms. The minimum absolute atomic E-state index is 0.00547. The van der Waals surface area contributed by atoms with E-state index in [2.05, 4.69) is 54.5 Å². The van der Waals surface area contributed by atoms with E-state index in [4.69, 9.17) is 0 Å². The largest absolute Gasteiger partial charge is 0.299 e. The Balaban J connectivity index is 2.30. The van der Waals surface area contributed by atoms with Crippen LogP contribution in [0.3, 0.4) is 0 Å². The number of hydrogen-bond donors (Lipinski definition) is 0. The van der Waals surface area contributed by atoms with Crippen molar-refractivity contribution in [3.05, 3.63) is 33.9 Å². The molecule has 3 heteroatoms. The van der Waals surface area contributed by atoms with Crippen molar-refractivity contribution in [1.82, 2.24) is 0 Å². The lowest BCUT2D eigenvalue weighted by atomic mass is 9.69. The van der Waals surface area contributed by atoms with Gasteiger partial charge in [0, 0.05) is 24.3 Å². The van der Waals surface area contributed by atoms with Crippen molar-refractivity contribution in [1.29, 1.82) is 0 Å². The zero-order valence-corrected chi connectivity index (χ0v) is 24.9. The zero-order valence-electron chi connectivity index (χ0n) is 24.9. The number of aryl methyl sites for hydroxylation is 1. The zero-order chi connectivity index (χ0) is 27.4. The highest BCUT2D eigenvalue weighted by Gasteiger charge is 2.35. The van der Waals surface area contributed by atoms with Gasteiger partial charge >= 0.3 is 0 Å². The molecular formula is C33H52O3. The normalized spacial score (nSPS) is 18.1. The Morgan fingerprint density at radius 1 is 1.03 bits per heavy atom. The van der Waals surface area contributed by atoms with Crippen molar-refractivity contribution in [2.75, 3.05) is 0 Å². The molecule has 2 rings (SSSR count). The standard InChI is InChI=1S/C33H52O3/c1-11-14-24(26(13-3)29(35)19-25(34)20-32(5,6)7)15-22-16-27-23(12-2)18-28(33(8,9)10)21(4)31(27)30(36)17-22/h18,22,24,26H,11-17,19-20H2,1-10H3. The van der Waals surface area contributed by atoms with Crippen LogP contribution in [-0.2, 0) is 27.8 Å². The quantitative estimate of drug-likeness (QED) is 0.289. The molecule has 0 saturated heterocycles. The molecule has 3 unspecified atom stereocenters. The van der Waals surface area contributed by atoms with Crippen molar-refractivity contribution in [2.45, 2.75) is 132 Å². The number of ketones is 3. The fourth-order valence-corrected chi connectivity index (χ4v) is 6.57. The van der Waals surface area contributed by atoms with Crippen LogP contribution >= 0.6 is 0 Å². The summed E-state index contributed by atoms with van der Waals surface area (Å²) in [5.74, 6) is 0.831. The highest BCUT2D eigenvalue weighted by molar-refractivity contribution is 6.01. The van der Waals surface area contributed by atoms with Gasteiger partial charge in [0.2, 0.25) is 0 Å². The van der Waals surface area contributed by atoms with Crippen LogP contribution in [0.2, 0.25) is 0 Å². The SMILES string of the molecule is CCCC(CC1CC(=O)c2c(C)c(C(C)(C)C)cc(CC)c2C1)C(CC)C(=O)CC(=O)CC(C)(C)C. The molecule has 0 radical (unpaired) electrons. The first-order chi connectivity index (χ1) is 16.6. The average molecular weight is 497 g/mol. The molecule has 0 amide bonds. The number of Topliss-reactive ketones (excluding diaryl/α,β-unsaturated/α-hetero) is 3. The van der Waals surface area contributed by atoms with Crippen LogP contribution in [-0.4, -0.2) is 17.3 Å². The molecule has 1 aliphatic carbocycles. The van der Waals surface area contributed by atoms with Crippen LogP contribution in [0.4, 0.5) is 0 Å². The van der Waals surface area contributed by atoms with E-state index in [0.29, 0.717) is 12.8 Å². The van der Waals surface area contributed by atoms with Crippen LogP contribution < -0.4 is 0 Å². The summed E-state index contributed by atoms with van der Waals surface area (Å²) >= 11 is 0. The number of benzene rings is 1. The summed E-state index contributed by atoms with van der Waals surface area (Å²) in [6.07, 6.45) is 6.54. The molecule has 202 valence electrons. The van der Waals surface area contributed by atoms with E-state index in [9.17, 15) is 14.4 Å². The first-order valence-electron chi connectivity index (χ1n) is 14.4. The third-order valence-electron chi connectivity index (χ3n) is 8.04. The third kappa shape index (κ3) is 7.62. The summed E-state index contributed by atoms with van der Waals surface area (Å²) in [6, 6.07) is 2.34. The van der Waals surface area contributed by atoms with Crippen molar-refractivity contribution >= 4 is 17.3 Å². The van der Waals surface area contributed by atoms with E-state index < -0.39 is 0 Å². The maximum absolute atomic E-state index is 13.5. The Labute approximate surface area is 221 Å². The van der Waals surface area contributed by atoms with Crippen LogP contribution in [0.25, 0.3) is 0 Å². The molecule has 0 aliphatic heterocycles. The van der Waals surface area contributed by atoms with Gasteiger partial charge < -0.3 is 0 Å². The summed E-state index contributed by atoms with van der Waals surface area (Å²) in [5.41, 5.74) is 5.87. The number of hydrogen-bond acceptors (Lipinski definition) is 3. The predicted octanol–water partition coefficient (Wildman–Crippen LogP) is 8.40. The number of carbonyl (C=O) groups excluding carboxylic acids is 3. The van der Waals surface area contributed by atoms with E-state index in [0.717, 1.165) is 49.7 Å². The van der Waals surface area contributed by atoms with Gasteiger partial charge in [0.15, 0.2) is 5.78 Å². The fraction of sp³-hybridized carbons (Fsp3) is 0.727. The van der Waals surface area contributed by atoms with E-state index in [1.165, 1.54) is 16.7 Å². The monoisotopic (exact) mass is 496 g/mol. The minimum Gasteiger partial charge on any atom is -0.299 e. The minimum atomic E-state index is -0.0975. The second kappa shape index (κ2) is 12.2. The Morgan fingerprint density at radius 3 is 2.17 bits per heavy atom. The molecule has 0 N–H and O–H groups in total. The molecule has 0 heterocycles. The first kappa shape index (κ1) is 30.5. The Bertz CT molecular complexity index is 955. The van der Waals surface area contributed by atoms with Crippen LogP contribution in [0.1, 0.15) is 140 Å². The maximum Gasteiger partial charge on any atom is 0.163 e. The summed E-state index contributed by atoms with van der Waals surface area (Å²) in [4.78, 5) is 39.4. The third-order valence-corrected chi connectivity index (χ3v) is 8.04. The molecule has 1 aromatic carbocycles. The first-order valence-corrected chi connectivity index (χ1v) is 14.4. The number of carbonyl (C=O) groups is 3. The van der Waals surface area contributed by atoms with Gasteiger partial charge in [-0.05, 0) is 77.5 Å². The van der Waals surface area contributed by atoms with Crippen molar-refractivity contribution in [2.24, 2.45) is 23.2 Å². The maximum atomic E-state index is 13.5. The topological polar surface area (TPSA) is 51.2 Å². The van der Waals surface area contributed by atoms with E-state index in [-0.39, 0.29) is 52.4 Å². The van der Waals surface area contributed by atoms with Crippen LogP contribution in [0.5, 0.6) is 0 Å². The van der Waals surface area contributed by atoms with E-state index in [1.54, 1.807) is 0 Å². The molecule has 3 nitrogen and oxygen atoms in total. The molecule has 0 bridgehead atoms. The lowest BCUT2D eigenvalue weighted by Gasteiger charge is -2.34. The van der Waals surface area contributed by atoms with Gasteiger partial charge in [-0.3, -0.25) is 14.4 Å². The Hall–Kier alpha value is -1.77. The smallest absolute Gasteiger partial charge is 0.163 e. The van der Waals surface area contributed by atoms with Gasteiger partial charge in [0.1, 0.15) is 11.6 Å². The Kier molecular flexibility index (Phi) is 10.3. The summed E-state index contributed by atoms with van der Waals surface area (Å²) in [5, 5.41) is 0. The van der Waals surface area contributed by atoms with Crippen LogP contribution in [0, 0.1) is 30.1 Å².